The lowest BCUT2D eigenvalue weighted by molar-refractivity contribution is 0.220. The first-order chi connectivity index (χ1) is 8.83. The van der Waals surface area contributed by atoms with Crippen LogP contribution < -0.4 is 0 Å². The van der Waals surface area contributed by atoms with Crippen molar-refractivity contribution in [2.45, 2.75) is 12.8 Å². The fourth-order valence-corrected chi connectivity index (χ4v) is 0.141. The van der Waals surface area contributed by atoms with Crippen molar-refractivity contribution in [3.8, 4) is 0 Å². The molecule has 0 aliphatic carbocycles. The van der Waals surface area contributed by atoms with Gasteiger partial charge in [-0.1, -0.05) is 0 Å². The molecule has 0 saturated carbocycles. The number of hydrogen-bond acceptors (Lipinski definition) is 6. The van der Waals surface area contributed by atoms with E-state index in [-0.39, 0.29) is 26.4 Å². The third kappa shape index (κ3) is 319. The molecule has 14 heteroatoms. The van der Waals surface area contributed by atoms with E-state index < -0.39 is 15.6 Å². The lowest BCUT2D eigenvalue weighted by Crippen LogP contribution is -1.85. The Bertz CT molecular complexity index is 200. The van der Waals surface area contributed by atoms with E-state index in [9.17, 15) is 0 Å². The fourth-order valence-electron chi connectivity index (χ4n) is 0.141. The van der Waals surface area contributed by atoms with Crippen molar-refractivity contribution in [1.82, 2.24) is 0 Å². The Hall–Kier alpha value is 0.0600. The molecular formula is C6H22O12P2. The van der Waals surface area contributed by atoms with Crippen molar-refractivity contribution < 1.29 is 58.9 Å². The molecule has 0 fully saturated rings. The Morgan fingerprint density at radius 1 is 0.500 bits per heavy atom. The quantitative estimate of drug-likeness (QED) is 0.227. The van der Waals surface area contributed by atoms with Crippen molar-refractivity contribution >= 4 is 15.6 Å². The van der Waals surface area contributed by atoms with Gasteiger partial charge in [-0.25, -0.2) is 9.13 Å². The Morgan fingerprint density at radius 2 is 0.600 bits per heavy atom. The lowest BCUT2D eigenvalue weighted by atomic mass is 10.5. The lowest BCUT2D eigenvalue weighted by Gasteiger charge is -1.82. The second-order valence-electron chi connectivity index (χ2n) is 2.63. The molecule has 0 bridgehead atoms. The van der Waals surface area contributed by atoms with Gasteiger partial charge in [0.25, 0.3) is 0 Å². The van der Waals surface area contributed by atoms with Gasteiger partial charge < -0.3 is 49.8 Å². The van der Waals surface area contributed by atoms with Crippen LogP contribution in [0.4, 0.5) is 0 Å². The van der Waals surface area contributed by atoms with E-state index >= 15 is 0 Å². The topological polar surface area (TPSA) is 236 Å². The highest BCUT2D eigenvalue weighted by atomic mass is 31.2. The Labute approximate surface area is 115 Å². The van der Waals surface area contributed by atoms with Crippen LogP contribution in [0.5, 0.6) is 0 Å². The van der Waals surface area contributed by atoms with E-state index in [0.717, 1.165) is 0 Å². The Balaban J connectivity index is -0.0000000853. The van der Waals surface area contributed by atoms with Gasteiger partial charge >= 0.3 is 15.6 Å². The molecule has 0 atom stereocenters. The van der Waals surface area contributed by atoms with Crippen molar-refractivity contribution in [2.24, 2.45) is 0 Å². The monoisotopic (exact) mass is 348 g/mol. The molecule has 0 heterocycles. The molecule has 10 N–H and O–H groups in total. The summed E-state index contributed by atoms with van der Waals surface area (Å²) in [5.41, 5.74) is 0. The number of rotatable bonds is 4. The Kier molecular flexibility index (Phi) is 26.9. The van der Waals surface area contributed by atoms with Gasteiger partial charge in [-0.3, -0.25) is 0 Å². The van der Waals surface area contributed by atoms with Gasteiger partial charge in [0.1, 0.15) is 0 Å². The highest BCUT2D eigenvalue weighted by Crippen LogP contribution is 2.26. The van der Waals surface area contributed by atoms with Crippen LogP contribution >= 0.6 is 15.6 Å². The average Bonchev–Trinajstić information content (AvgIpc) is 2.15. The molecule has 0 aliphatic rings. The molecule has 0 rings (SSSR count). The first-order valence-electron chi connectivity index (χ1n) is 4.83. The van der Waals surface area contributed by atoms with E-state index in [4.69, 9.17) is 58.9 Å². The van der Waals surface area contributed by atoms with Gasteiger partial charge in [-0.2, -0.15) is 0 Å². The molecule has 128 valence electrons. The van der Waals surface area contributed by atoms with Crippen LogP contribution in [-0.2, 0) is 9.13 Å². The molecule has 0 aromatic heterocycles. The largest absolute Gasteiger partial charge is 0.466 e. The van der Waals surface area contributed by atoms with E-state index in [1.54, 1.807) is 0 Å². The molecule has 20 heavy (non-hydrogen) atoms. The standard InChI is InChI=1S/2C3H8O2.2H3O4P/c2*4-2-1-3-5;2*1-5(2,3)4/h2*4-5H,1-3H2;2*(H3,1,2,3,4). The third-order valence-electron chi connectivity index (χ3n) is 0.632. The second kappa shape index (κ2) is 19.1. The van der Waals surface area contributed by atoms with Crippen LogP contribution in [0.15, 0.2) is 0 Å². The first kappa shape index (κ1) is 28.3. The summed E-state index contributed by atoms with van der Waals surface area (Å²) in [6.45, 7) is 0.375. The van der Waals surface area contributed by atoms with Crippen molar-refractivity contribution in [1.29, 1.82) is 0 Å². The number of aliphatic hydroxyl groups excluding tert-OH is 4. The minimum absolute atomic E-state index is 0.0938. The summed E-state index contributed by atoms with van der Waals surface area (Å²) in [7, 11) is -9.28. The highest BCUT2D eigenvalue weighted by molar-refractivity contribution is 7.45. The summed E-state index contributed by atoms with van der Waals surface area (Å²) >= 11 is 0. The normalized spacial score (nSPS) is 10.1. The maximum absolute atomic E-state index is 8.88. The highest BCUT2D eigenvalue weighted by Gasteiger charge is 2.00. The Morgan fingerprint density at radius 3 is 0.600 bits per heavy atom. The predicted octanol–water partition coefficient (Wildman–Crippen LogP) is -3.13. The van der Waals surface area contributed by atoms with Gasteiger partial charge in [0, 0.05) is 26.4 Å². The van der Waals surface area contributed by atoms with Crippen LogP contribution in [0, 0.1) is 0 Å². The van der Waals surface area contributed by atoms with Crippen LogP contribution in [0.3, 0.4) is 0 Å². The molecular weight excluding hydrogens is 326 g/mol. The molecule has 0 spiro atoms. The van der Waals surface area contributed by atoms with Crippen molar-refractivity contribution in [2.75, 3.05) is 26.4 Å². The van der Waals surface area contributed by atoms with Crippen LogP contribution in [0.25, 0.3) is 0 Å². The molecule has 0 aromatic carbocycles. The average molecular weight is 348 g/mol. The SMILES string of the molecule is O=P(O)(O)O.O=P(O)(O)O.OCCCO.OCCCO. The first-order valence-corrected chi connectivity index (χ1v) is 7.96. The zero-order valence-corrected chi connectivity index (χ0v) is 12.2. The van der Waals surface area contributed by atoms with Crippen molar-refractivity contribution in [3.05, 3.63) is 0 Å². The molecule has 0 unspecified atom stereocenters. The summed E-state index contributed by atoms with van der Waals surface area (Å²) in [4.78, 5) is 43.1. The van der Waals surface area contributed by atoms with Crippen molar-refractivity contribution in [3.63, 3.8) is 0 Å². The molecule has 0 aromatic rings. The number of hydrogen-bond donors (Lipinski definition) is 10. The predicted molar refractivity (Wildman–Crippen MR) is 66.1 cm³/mol. The van der Waals surface area contributed by atoms with Gasteiger partial charge in [0.15, 0.2) is 0 Å². The third-order valence-corrected chi connectivity index (χ3v) is 0.632. The summed E-state index contributed by atoms with van der Waals surface area (Å²) in [5.74, 6) is 0. The van der Waals surface area contributed by atoms with Crippen LogP contribution in [-0.4, -0.2) is 76.2 Å². The van der Waals surface area contributed by atoms with Crippen LogP contribution in [0.2, 0.25) is 0 Å². The summed E-state index contributed by atoms with van der Waals surface area (Å²) in [6.07, 6.45) is 1.00. The van der Waals surface area contributed by atoms with Gasteiger partial charge in [0.2, 0.25) is 0 Å². The van der Waals surface area contributed by atoms with E-state index in [1.165, 1.54) is 0 Å². The van der Waals surface area contributed by atoms with E-state index in [2.05, 4.69) is 0 Å². The second-order valence-corrected chi connectivity index (χ2v) is 4.68. The fraction of sp³-hybridized carbons (Fsp3) is 1.00. The van der Waals surface area contributed by atoms with Gasteiger partial charge in [0.05, 0.1) is 0 Å². The maximum Gasteiger partial charge on any atom is 0.466 e. The molecule has 0 amide bonds. The van der Waals surface area contributed by atoms with Crippen LogP contribution in [0.1, 0.15) is 12.8 Å². The molecule has 0 aliphatic heterocycles. The number of phosphoric acid groups is 2. The minimum atomic E-state index is -4.64. The minimum Gasteiger partial charge on any atom is -0.396 e. The van der Waals surface area contributed by atoms with E-state index in [0.29, 0.717) is 12.8 Å². The van der Waals surface area contributed by atoms with Gasteiger partial charge in [-0.05, 0) is 12.8 Å². The molecule has 0 saturated heterocycles. The maximum atomic E-state index is 8.88. The smallest absolute Gasteiger partial charge is 0.396 e. The molecule has 0 radical (unpaired) electrons. The van der Waals surface area contributed by atoms with E-state index in [1.807, 2.05) is 0 Å². The zero-order valence-electron chi connectivity index (χ0n) is 10.4. The summed E-state index contributed by atoms with van der Waals surface area (Å²) in [6, 6.07) is 0. The number of aliphatic hydroxyl groups is 4. The summed E-state index contributed by atoms with van der Waals surface area (Å²) < 4.78 is 17.8. The molecule has 12 nitrogen and oxygen atoms in total. The summed E-state index contributed by atoms with van der Waals surface area (Å²) in [5, 5.41) is 31.6. The van der Waals surface area contributed by atoms with Gasteiger partial charge in [-0.15, -0.1) is 0 Å². The zero-order chi connectivity index (χ0) is 17.2.